The standard InChI is InChI=1S/C8H9IN2O2/c9-6-3-1-2-5(4-6)7(12)8(13)11-10/h1-4,7,12H,10H2,(H,11,13). The highest BCUT2D eigenvalue weighted by molar-refractivity contribution is 14.1. The van der Waals surface area contributed by atoms with Crippen molar-refractivity contribution in [3.05, 3.63) is 33.4 Å². The van der Waals surface area contributed by atoms with Gasteiger partial charge in [-0.15, -0.1) is 0 Å². The molecule has 4 N–H and O–H groups in total. The summed E-state index contributed by atoms with van der Waals surface area (Å²) in [6.45, 7) is 0. The Morgan fingerprint density at radius 2 is 2.31 bits per heavy atom. The minimum absolute atomic E-state index is 0.537. The largest absolute Gasteiger partial charge is 0.378 e. The molecular formula is C8H9IN2O2. The second kappa shape index (κ2) is 4.54. The summed E-state index contributed by atoms with van der Waals surface area (Å²) in [4.78, 5) is 10.9. The first kappa shape index (κ1) is 10.4. The molecule has 70 valence electrons. The zero-order valence-corrected chi connectivity index (χ0v) is 8.86. The maximum absolute atomic E-state index is 10.9. The molecular weight excluding hydrogens is 283 g/mol. The highest BCUT2D eigenvalue weighted by atomic mass is 127. The van der Waals surface area contributed by atoms with E-state index in [4.69, 9.17) is 5.84 Å². The number of nitrogens with two attached hydrogens (primary N) is 1. The molecule has 1 rings (SSSR count). The zero-order chi connectivity index (χ0) is 9.84. The summed E-state index contributed by atoms with van der Waals surface area (Å²) in [6, 6.07) is 7.03. The number of carbonyl (C=O) groups excluding carboxylic acids is 1. The third kappa shape index (κ3) is 2.64. The molecule has 4 nitrogen and oxygen atoms in total. The summed E-state index contributed by atoms with van der Waals surface area (Å²) in [5, 5.41) is 9.42. The van der Waals surface area contributed by atoms with Crippen LogP contribution in [0, 0.1) is 3.57 Å². The molecule has 0 fully saturated rings. The zero-order valence-electron chi connectivity index (χ0n) is 6.70. The Morgan fingerprint density at radius 1 is 1.62 bits per heavy atom. The highest BCUT2D eigenvalue weighted by Crippen LogP contribution is 2.15. The van der Waals surface area contributed by atoms with Gasteiger partial charge in [0.1, 0.15) is 0 Å². The van der Waals surface area contributed by atoms with Gasteiger partial charge in [0.15, 0.2) is 6.10 Å². The van der Waals surface area contributed by atoms with Crippen LogP contribution in [0.5, 0.6) is 0 Å². The van der Waals surface area contributed by atoms with Gasteiger partial charge in [0.2, 0.25) is 0 Å². The van der Waals surface area contributed by atoms with Crippen LogP contribution in [-0.2, 0) is 4.79 Å². The van der Waals surface area contributed by atoms with Gasteiger partial charge < -0.3 is 5.11 Å². The molecule has 0 aliphatic heterocycles. The van der Waals surface area contributed by atoms with Gasteiger partial charge in [0.25, 0.3) is 5.91 Å². The molecule has 0 spiro atoms. The number of carbonyl (C=O) groups is 1. The van der Waals surface area contributed by atoms with Gasteiger partial charge in [-0.1, -0.05) is 12.1 Å². The third-order valence-corrected chi connectivity index (χ3v) is 2.23. The van der Waals surface area contributed by atoms with Gasteiger partial charge in [-0.25, -0.2) is 5.84 Å². The highest BCUT2D eigenvalue weighted by Gasteiger charge is 2.15. The lowest BCUT2D eigenvalue weighted by Gasteiger charge is -2.08. The maximum atomic E-state index is 10.9. The van der Waals surface area contributed by atoms with Crippen LogP contribution >= 0.6 is 22.6 Å². The van der Waals surface area contributed by atoms with E-state index in [-0.39, 0.29) is 0 Å². The lowest BCUT2D eigenvalue weighted by molar-refractivity contribution is -0.129. The number of nitrogens with one attached hydrogen (secondary N) is 1. The second-order valence-electron chi connectivity index (χ2n) is 2.47. The van der Waals surface area contributed by atoms with Crippen LogP contribution in [0.2, 0.25) is 0 Å². The molecule has 0 radical (unpaired) electrons. The van der Waals surface area contributed by atoms with Crippen LogP contribution < -0.4 is 11.3 Å². The lowest BCUT2D eigenvalue weighted by atomic mass is 10.1. The van der Waals surface area contributed by atoms with Crippen molar-refractivity contribution in [3.63, 3.8) is 0 Å². The fraction of sp³-hybridized carbons (Fsp3) is 0.125. The van der Waals surface area contributed by atoms with Crippen molar-refractivity contribution in [1.82, 2.24) is 5.43 Å². The van der Waals surface area contributed by atoms with E-state index in [0.717, 1.165) is 3.57 Å². The Bertz CT molecular complexity index is 317. The predicted molar refractivity (Wildman–Crippen MR) is 56.4 cm³/mol. The Labute approximate surface area is 89.2 Å². The van der Waals surface area contributed by atoms with Crippen LogP contribution in [0.4, 0.5) is 0 Å². The Morgan fingerprint density at radius 3 is 2.85 bits per heavy atom. The first-order chi connectivity index (χ1) is 6.15. The van der Waals surface area contributed by atoms with Crippen LogP contribution in [-0.4, -0.2) is 11.0 Å². The quantitative estimate of drug-likeness (QED) is 0.318. The number of amides is 1. The van der Waals surface area contributed by atoms with Gasteiger partial charge in [-0.05, 0) is 40.3 Å². The molecule has 0 aliphatic rings. The molecule has 1 atom stereocenters. The van der Waals surface area contributed by atoms with Crippen LogP contribution in [0.3, 0.4) is 0 Å². The molecule has 0 saturated carbocycles. The predicted octanol–water partition coefficient (Wildman–Crippen LogP) is 0.315. The summed E-state index contributed by atoms with van der Waals surface area (Å²) in [6.07, 6.45) is -1.19. The van der Waals surface area contributed by atoms with Crippen molar-refractivity contribution >= 4 is 28.5 Å². The molecule has 1 unspecified atom stereocenters. The molecule has 0 bridgehead atoms. The average molecular weight is 292 g/mol. The second-order valence-corrected chi connectivity index (χ2v) is 3.71. The van der Waals surface area contributed by atoms with Crippen molar-refractivity contribution in [3.8, 4) is 0 Å². The Kier molecular flexibility index (Phi) is 3.64. The minimum atomic E-state index is -1.19. The number of rotatable bonds is 2. The normalized spacial score (nSPS) is 12.2. The molecule has 5 heteroatoms. The molecule has 1 aromatic rings. The van der Waals surface area contributed by atoms with E-state index in [0.29, 0.717) is 5.56 Å². The summed E-state index contributed by atoms with van der Waals surface area (Å²) in [5.41, 5.74) is 2.43. The van der Waals surface area contributed by atoms with E-state index in [1.54, 1.807) is 18.2 Å². The van der Waals surface area contributed by atoms with Crippen molar-refractivity contribution in [2.75, 3.05) is 0 Å². The van der Waals surface area contributed by atoms with Gasteiger partial charge in [-0.3, -0.25) is 10.2 Å². The van der Waals surface area contributed by atoms with Crippen LogP contribution in [0.15, 0.2) is 24.3 Å². The van der Waals surface area contributed by atoms with E-state index >= 15 is 0 Å². The number of hydrazine groups is 1. The first-order valence-corrected chi connectivity index (χ1v) is 4.67. The van der Waals surface area contributed by atoms with Crippen molar-refractivity contribution in [2.24, 2.45) is 5.84 Å². The van der Waals surface area contributed by atoms with Gasteiger partial charge in [0, 0.05) is 3.57 Å². The van der Waals surface area contributed by atoms with Gasteiger partial charge in [-0.2, -0.15) is 0 Å². The Balaban J connectivity index is 2.88. The maximum Gasteiger partial charge on any atom is 0.267 e. The monoisotopic (exact) mass is 292 g/mol. The molecule has 0 saturated heterocycles. The fourth-order valence-corrected chi connectivity index (χ4v) is 1.47. The van der Waals surface area contributed by atoms with E-state index in [1.807, 2.05) is 11.5 Å². The van der Waals surface area contributed by atoms with E-state index < -0.39 is 12.0 Å². The number of hydrogen-bond donors (Lipinski definition) is 3. The number of aliphatic hydroxyl groups is 1. The van der Waals surface area contributed by atoms with E-state index in [1.165, 1.54) is 0 Å². The molecule has 1 amide bonds. The Hall–Kier alpha value is -0.660. The van der Waals surface area contributed by atoms with Crippen LogP contribution in [0.1, 0.15) is 11.7 Å². The topological polar surface area (TPSA) is 75.3 Å². The van der Waals surface area contributed by atoms with Crippen molar-refractivity contribution in [2.45, 2.75) is 6.10 Å². The number of benzene rings is 1. The summed E-state index contributed by atoms with van der Waals surface area (Å²) in [7, 11) is 0. The molecule has 1 aromatic carbocycles. The van der Waals surface area contributed by atoms with Gasteiger partial charge in [0.05, 0.1) is 0 Å². The smallest absolute Gasteiger partial charge is 0.267 e. The molecule has 0 aliphatic carbocycles. The van der Waals surface area contributed by atoms with E-state index in [2.05, 4.69) is 22.6 Å². The number of hydrogen-bond acceptors (Lipinski definition) is 3. The number of halogens is 1. The molecule has 0 heterocycles. The summed E-state index contributed by atoms with van der Waals surface area (Å²) < 4.78 is 0.957. The van der Waals surface area contributed by atoms with Crippen molar-refractivity contribution in [1.29, 1.82) is 0 Å². The van der Waals surface area contributed by atoms with Gasteiger partial charge >= 0.3 is 0 Å². The molecule has 0 aromatic heterocycles. The van der Waals surface area contributed by atoms with E-state index in [9.17, 15) is 9.90 Å². The minimum Gasteiger partial charge on any atom is -0.378 e. The van der Waals surface area contributed by atoms with Crippen molar-refractivity contribution < 1.29 is 9.90 Å². The number of aliphatic hydroxyl groups excluding tert-OH is 1. The fourth-order valence-electron chi connectivity index (χ4n) is 0.907. The molecule has 13 heavy (non-hydrogen) atoms. The van der Waals surface area contributed by atoms with Crippen LogP contribution in [0.25, 0.3) is 0 Å². The summed E-state index contributed by atoms with van der Waals surface area (Å²) in [5.74, 6) is 4.28. The first-order valence-electron chi connectivity index (χ1n) is 3.59. The lowest BCUT2D eigenvalue weighted by Crippen LogP contribution is -2.34. The average Bonchev–Trinajstić information content (AvgIpc) is 2.15. The third-order valence-electron chi connectivity index (χ3n) is 1.56. The SMILES string of the molecule is NNC(=O)C(O)c1cccc(I)c1. The summed E-state index contributed by atoms with van der Waals surface area (Å²) >= 11 is 2.10.